The molecular weight excluding hydrogens is 154 g/mol. The minimum Gasteiger partial charge on any atom is -0.481 e. The number of hydrogen-bond acceptors (Lipinski definition) is 3. The Bertz CT molecular complexity index is 248. The van der Waals surface area contributed by atoms with E-state index < -0.39 is 0 Å². The lowest BCUT2D eigenvalue weighted by molar-refractivity contribution is 0.195. The quantitative estimate of drug-likeness (QED) is 0.730. The number of ether oxygens (including phenoxy) is 1. The predicted molar refractivity (Wildman–Crippen MR) is 46.2 cm³/mol. The number of aliphatic hydroxyl groups is 1. The summed E-state index contributed by atoms with van der Waals surface area (Å²) in [6, 6.07) is 3.70. The van der Waals surface area contributed by atoms with Crippen molar-refractivity contribution in [2.75, 3.05) is 7.11 Å². The summed E-state index contributed by atoms with van der Waals surface area (Å²) < 4.78 is 4.94. The van der Waals surface area contributed by atoms with Crippen LogP contribution >= 0.6 is 0 Å². The highest BCUT2D eigenvalue weighted by Gasteiger charge is 2.00. The van der Waals surface area contributed by atoms with Gasteiger partial charge in [0.15, 0.2) is 0 Å². The summed E-state index contributed by atoms with van der Waals surface area (Å²) in [5.74, 6) is 0.591. The monoisotopic (exact) mass is 167 g/mol. The van der Waals surface area contributed by atoms with E-state index in [1.54, 1.807) is 20.2 Å². The minimum absolute atomic E-state index is 0.322. The zero-order valence-corrected chi connectivity index (χ0v) is 7.32. The van der Waals surface area contributed by atoms with Crippen LogP contribution in [0.1, 0.15) is 12.5 Å². The molecule has 0 aliphatic heterocycles. The second-order valence-corrected chi connectivity index (χ2v) is 2.76. The van der Waals surface area contributed by atoms with Crippen LogP contribution in [0, 0.1) is 0 Å². The molecule has 0 saturated carbocycles. The van der Waals surface area contributed by atoms with Gasteiger partial charge in [-0.25, -0.2) is 4.98 Å². The highest BCUT2D eigenvalue weighted by atomic mass is 16.5. The number of hydrogen-bond donors (Lipinski definition) is 1. The van der Waals surface area contributed by atoms with Gasteiger partial charge >= 0.3 is 0 Å². The van der Waals surface area contributed by atoms with Crippen molar-refractivity contribution in [3.8, 4) is 5.88 Å². The molecule has 0 aliphatic rings. The molecule has 1 atom stereocenters. The van der Waals surface area contributed by atoms with Crippen LogP contribution in [0.25, 0.3) is 0 Å². The van der Waals surface area contributed by atoms with Gasteiger partial charge in [0.2, 0.25) is 5.88 Å². The Morgan fingerprint density at radius 2 is 2.42 bits per heavy atom. The molecule has 0 radical (unpaired) electrons. The molecule has 1 aromatic rings. The third-order valence-electron chi connectivity index (χ3n) is 1.54. The van der Waals surface area contributed by atoms with Gasteiger partial charge in [0, 0.05) is 12.3 Å². The van der Waals surface area contributed by atoms with E-state index in [-0.39, 0.29) is 6.10 Å². The first-order chi connectivity index (χ1) is 5.72. The molecule has 0 unspecified atom stereocenters. The second-order valence-electron chi connectivity index (χ2n) is 2.76. The van der Waals surface area contributed by atoms with Gasteiger partial charge in [-0.05, 0) is 25.0 Å². The van der Waals surface area contributed by atoms with Crippen molar-refractivity contribution in [1.82, 2.24) is 4.98 Å². The molecular formula is C9H13NO2. The predicted octanol–water partition coefficient (Wildman–Crippen LogP) is 1.01. The van der Waals surface area contributed by atoms with E-state index >= 15 is 0 Å². The Kier molecular flexibility index (Phi) is 3.05. The standard InChI is InChI=1S/C9H13NO2/c1-7(11)5-8-3-4-10-9(6-8)12-2/h3-4,6-7,11H,5H2,1-2H3/t7-/m1/s1. The number of nitrogens with zero attached hydrogens (tertiary/aromatic N) is 1. The summed E-state index contributed by atoms with van der Waals surface area (Å²) in [7, 11) is 1.58. The molecule has 0 bridgehead atoms. The van der Waals surface area contributed by atoms with Gasteiger partial charge in [-0.2, -0.15) is 0 Å². The Morgan fingerprint density at radius 3 is 3.00 bits per heavy atom. The molecule has 3 nitrogen and oxygen atoms in total. The lowest BCUT2D eigenvalue weighted by Crippen LogP contribution is -2.04. The molecule has 0 amide bonds. The summed E-state index contributed by atoms with van der Waals surface area (Å²) in [5, 5.41) is 9.11. The smallest absolute Gasteiger partial charge is 0.213 e. The highest BCUT2D eigenvalue weighted by molar-refractivity contribution is 5.20. The summed E-state index contributed by atoms with van der Waals surface area (Å²) in [5.41, 5.74) is 1.04. The largest absolute Gasteiger partial charge is 0.481 e. The zero-order chi connectivity index (χ0) is 8.97. The van der Waals surface area contributed by atoms with Crippen LogP contribution < -0.4 is 4.74 Å². The Balaban J connectivity index is 2.72. The minimum atomic E-state index is -0.322. The molecule has 1 heterocycles. The molecule has 1 rings (SSSR count). The second kappa shape index (κ2) is 4.07. The first-order valence-corrected chi connectivity index (χ1v) is 3.89. The third kappa shape index (κ3) is 2.51. The van der Waals surface area contributed by atoms with Gasteiger partial charge in [-0.15, -0.1) is 0 Å². The van der Waals surface area contributed by atoms with E-state index in [4.69, 9.17) is 9.84 Å². The number of aliphatic hydroxyl groups excluding tert-OH is 1. The summed E-state index contributed by atoms with van der Waals surface area (Å²) in [6.45, 7) is 1.76. The molecule has 0 aromatic carbocycles. The fourth-order valence-corrected chi connectivity index (χ4v) is 1.03. The summed E-state index contributed by atoms with van der Waals surface area (Å²) in [6.07, 6.45) is 1.99. The van der Waals surface area contributed by atoms with Crippen molar-refractivity contribution in [3.63, 3.8) is 0 Å². The Labute approximate surface area is 72.0 Å². The normalized spacial score (nSPS) is 12.6. The van der Waals surface area contributed by atoms with Gasteiger partial charge in [-0.1, -0.05) is 0 Å². The lowest BCUT2D eigenvalue weighted by Gasteiger charge is -2.04. The van der Waals surface area contributed by atoms with Gasteiger partial charge in [0.1, 0.15) is 0 Å². The third-order valence-corrected chi connectivity index (χ3v) is 1.54. The van der Waals surface area contributed by atoms with E-state index in [2.05, 4.69) is 4.98 Å². The van der Waals surface area contributed by atoms with Crippen molar-refractivity contribution in [2.24, 2.45) is 0 Å². The van der Waals surface area contributed by atoms with Crippen LogP contribution in [0.15, 0.2) is 18.3 Å². The van der Waals surface area contributed by atoms with Gasteiger partial charge in [-0.3, -0.25) is 0 Å². The van der Waals surface area contributed by atoms with Gasteiger partial charge in [0.25, 0.3) is 0 Å². The van der Waals surface area contributed by atoms with Crippen LogP contribution in [-0.4, -0.2) is 23.3 Å². The summed E-state index contributed by atoms with van der Waals surface area (Å²) >= 11 is 0. The van der Waals surface area contributed by atoms with Crippen molar-refractivity contribution >= 4 is 0 Å². The van der Waals surface area contributed by atoms with Crippen LogP contribution in [0.2, 0.25) is 0 Å². The fraction of sp³-hybridized carbons (Fsp3) is 0.444. The fourth-order valence-electron chi connectivity index (χ4n) is 1.03. The molecule has 0 saturated heterocycles. The van der Waals surface area contributed by atoms with Crippen LogP contribution in [0.3, 0.4) is 0 Å². The first kappa shape index (κ1) is 9.00. The van der Waals surface area contributed by atoms with E-state index in [9.17, 15) is 0 Å². The van der Waals surface area contributed by atoms with Crippen LogP contribution in [-0.2, 0) is 6.42 Å². The van der Waals surface area contributed by atoms with Crippen LogP contribution in [0.5, 0.6) is 5.88 Å². The number of rotatable bonds is 3. The van der Waals surface area contributed by atoms with Crippen molar-refractivity contribution < 1.29 is 9.84 Å². The van der Waals surface area contributed by atoms with E-state index in [0.29, 0.717) is 12.3 Å². The SMILES string of the molecule is COc1cc(C[C@@H](C)O)ccn1. The van der Waals surface area contributed by atoms with E-state index in [0.717, 1.165) is 5.56 Å². The molecule has 0 spiro atoms. The number of methoxy groups -OCH3 is 1. The summed E-state index contributed by atoms with van der Waals surface area (Å²) in [4.78, 5) is 3.96. The maximum Gasteiger partial charge on any atom is 0.213 e. The molecule has 66 valence electrons. The van der Waals surface area contributed by atoms with Crippen molar-refractivity contribution in [1.29, 1.82) is 0 Å². The van der Waals surface area contributed by atoms with Gasteiger partial charge in [0.05, 0.1) is 13.2 Å². The Hall–Kier alpha value is -1.09. The number of aromatic nitrogens is 1. The van der Waals surface area contributed by atoms with Crippen molar-refractivity contribution in [2.45, 2.75) is 19.4 Å². The Morgan fingerprint density at radius 1 is 1.67 bits per heavy atom. The van der Waals surface area contributed by atoms with Crippen molar-refractivity contribution in [3.05, 3.63) is 23.9 Å². The average molecular weight is 167 g/mol. The molecule has 0 fully saturated rings. The lowest BCUT2D eigenvalue weighted by atomic mass is 10.1. The molecule has 0 aliphatic carbocycles. The van der Waals surface area contributed by atoms with E-state index in [1.807, 2.05) is 12.1 Å². The van der Waals surface area contributed by atoms with E-state index in [1.165, 1.54) is 0 Å². The maximum absolute atomic E-state index is 9.11. The van der Waals surface area contributed by atoms with Gasteiger partial charge < -0.3 is 9.84 Å². The molecule has 1 N–H and O–H groups in total. The van der Waals surface area contributed by atoms with Crippen LogP contribution in [0.4, 0.5) is 0 Å². The number of pyridine rings is 1. The molecule has 1 aromatic heterocycles. The average Bonchev–Trinajstić information content (AvgIpc) is 2.03. The first-order valence-electron chi connectivity index (χ1n) is 3.89. The highest BCUT2D eigenvalue weighted by Crippen LogP contribution is 2.10. The maximum atomic E-state index is 9.11. The molecule has 3 heteroatoms. The topological polar surface area (TPSA) is 42.4 Å². The zero-order valence-electron chi connectivity index (χ0n) is 7.32. The molecule has 12 heavy (non-hydrogen) atoms.